The van der Waals surface area contributed by atoms with Crippen molar-refractivity contribution in [2.45, 2.75) is 0 Å². The third-order valence-corrected chi connectivity index (χ3v) is 10.5. The monoisotopic (exact) mass is 666 g/mol. The van der Waals surface area contributed by atoms with Crippen LogP contribution in [0.5, 0.6) is 0 Å². The number of nitrogens with one attached hydrogen (secondary N) is 4. The van der Waals surface area contributed by atoms with Crippen LogP contribution in [0.2, 0.25) is 0 Å². The van der Waals surface area contributed by atoms with Crippen LogP contribution in [0.3, 0.4) is 0 Å². The van der Waals surface area contributed by atoms with Crippen molar-refractivity contribution < 1.29 is 0 Å². The minimum absolute atomic E-state index is 0.621. The van der Waals surface area contributed by atoms with E-state index >= 15 is 0 Å². The quantitative estimate of drug-likeness (QED) is 0.0938. The molecule has 9 heterocycles. The van der Waals surface area contributed by atoms with Crippen molar-refractivity contribution >= 4 is 132 Å². The Morgan fingerprint density at radius 3 is 0.981 bits per heavy atom. The molecule has 0 radical (unpaired) electrons. The third kappa shape index (κ3) is 3.47. The van der Waals surface area contributed by atoms with Gasteiger partial charge in [-0.2, -0.15) is 0 Å². The second-order valence-electron chi connectivity index (χ2n) is 13.6. The highest BCUT2D eigenvalue weighted by molar-refractivity contribution is 6.24. The summed E-state index contributed by atoms with van der Waals surface area (Å²) in [5, 5.41) is 3.75. The lowest BCUT2D eigenvalue weighted by Crippen LogP contribution is -1.99. The van der Waals surface area contributed by atoms with Gasteiger partial charge in [-0.05, 0) is 84.9 Å². The summed E-state index contributed by atoms with van der Waals surface area (Å²) in [7, 11) is 0. The number of benzene rings is 4. The molecule has 0 aliphatic heterocycles. The van der Waals surface area contributed by atoms with Gasteiger partial charge in [-0.25, -0.2) is 29.9 Å². The van der Waals surface area contributed by atoms with Crippen LogP contribution < -0.4 is 0 Å². The molecule has 4 aromatic carbocycles. The summed E-state index contributed by atoms with van der Waals surface area (Å²) in [5.74, 6) is 0. The van der Waals surface area contributed by atoms with Crippen LogP contribution in [-0.2, 0) is 0 Å². The number of rotatable bonds is 0. The topological polar surface area (TPSA) is 140 Å². The predicted molar refractivity (Wildman–Crippen MR) is 210 cm³/mol. The minimum atomic E-state index is 0.621. The number of para-hydroxylation sites is 2. The molecule has 0 unspecified atom stereocenters. The highest BCUT2D eigenvalue weighted by Gasteiger charge is 2.21. The molecule has 13 aromatic rings. The Labute approximate surface area is 290 Å². The Bertz CT molecular complexity index is 3520. The van der Waals surface area contributed by atoms with Gasteiger partial charge < -0.3 is 19.9 Å². The van der Waals surface area contributed by atoms with Crippen LogP contribution in [0.4, 0.5) is 0 Å². The lowest BCUT2D eigenvalue weighted by atomic mass is 10.1. The minimum Gasteiger partial charge on any atom is -0.355 e. The molecular weight excluding hydrogens is 645 g/mol. The summed E-state index contributed by atoms with van der Waals surface area (Å²) < 4.78 is 0. The zero-order valence-electron chi connectivity index (χ0n) is 27.1. The van der Waals surface area contributed by atoms with Gasteiger partial charge in [-0.3, -0.25) is 0 Å². The van der Waals surface area contributed by atoms with Gasteiger partial charge in [0.05, 0.1) is 33.1 Å². The number of fused-ring (bicyclic) bond motifs is 13. The lowest BCUT2D eigenvalue weighted by molar-refractivity contribution is 1.35. The van der Waals surface area contributed by atoms with Gasteiger partial charge in [0.25, 0.3) is 0 Å². The summed E-state index contributed by atoms with van der Waals surface area (Å²) in [6.45, 7) is 0. The van der Waals surface area contributed by atoms with Gasteiger partial charge >= 0.3 is 0 Å². The molecule has 16 bridgehead atoms. The lowest BCUT2D eigenvalue weighted by Gasteiger charge is -2.12. The highest BCUT2D eigenvalue weighted by atomic mass is 14.9. The van der Waals surface area contributed by atoms with Gasteiger partial charge in [0.2, 0.25) is 0 Å². The average Bonchev–Trinajstić information content (AvgIpc) is 4.01. The fourth-order valence-corrected chi connectivity index (χ4v) is 8.10. The molecule has 9 aromatic heterocycles. The number of hydrogen-bond acceptors (Lipinski definition) is 6. The maximum atomic E-state index is 5.52. The smallest absolute Gasteiger partial charge is 0.120 e. The fraction of sp³-hybridized carbons (Fsp3) is 0. The first-order valence-electron chi connectivity index (χ1n) is 17.1. The molecule has 0 aliphatic rings. The van der Waals surface area contributed by atoms with E-state index in [1.165, 1.54) is 0 Å². The SMILES string of the molecule is c1cc2nc3c4nc5cccc6c7ccc(cc8ccc([nH]8)c8ccc9c%10ccc(cc%11ccc([nH]%11)c(c1)c2nc3c1nc9c8nc1c4nc56)[nH]%10)[nH]7. The summed E-state index contributed by atoms with van der Waals surface area (Å²) in [4.78, 5) is 46.9. The van der Waals surface area contributed by atoms with Crippen LogP contribution in [-0.4, -0.2) is 49.8 Å². The first kappa shape index (κ1) is 26.4. The van der Waals surface area contributed by atoms with Gasteiger partial charge in [0, 0.05) is 65.7 Å². The Morgan fingerprint density at radius 2 is 0.596 bits per heavy atom. The van der Waals surface area contributed by atoms with E-state index in [4.69, 9.17) is 29.9 Å². The van der Waals surface area contributed by atoms with Gasteiger partial charge in [-0.1, -0.05) is 24.3 Å². The van der Waals surface area contributed by atoms with E-state index in [9.17, 15) is 0 Å². The van der Waals surface area contributed by atoms with E-state index in [0.29, 0.717) is 33.1 Å². The van der Waals surface area contributed by atoms with Crippen LogP contribution in [0.25, 0.3) is 132 Å². The first-order valence-corrected chi connectivity index (χ1v) is 17.1. The maximum absolute atomic E-state index is 5.52. The van der Waals surface area contributed by atoms with Crippen molar-refractivity contribution in [1.29, 1.82) is 0 Å². The standard InChI is InChI=1S/C42H22N10/c1-3-23-27-13-7-19(43-27)17-21-9-15-29(45-21)25-11-12-26-30-16-10-22(46-30)18-20-8-14-28(44-20)24-4-2-6-32-34(24)50-40-38(48-32)37-39(49-33(23)31(5-1)47-37)41-42(40)52-36(26)35(25)51-41/h1-18,43-46H. The Balaban J connectivity index is 1.39. The molecule has 0 spiro atoms. The molecule has 0 aliphatic carbocycles. The highest BCUT2D eigenvalue weighted by Crippen LogP contribution is 2.37. The van der Waals surface area contributed by atoms with Crippen LogP contribution in [0.1, 0.15) is 0 Å². The zero-order valence-corrected chi connectivity index (χ0v) is 27.1. The van der Waals surface area contributed by atoms with E-state index in [-0.39, 0.29) is 0 Å². The molecule has 52 heavy (non-hydrogen) atoms. The molecule has 0 saturated heterocycles. The van der Waals surface area contributed by atoms with Gasteiger partial charge in [0.15, 0.2) is 0 Å². The van der Waals surface area contributed by atoms with E-state index in [0.717, 1.165) is 98.8 Å². The van der Waals surface area contributed by atoms with Crippen molar-refractivity contribution in [3.63, 3.8) is 0 Å². The Hall–Kier alpha value is -7.46. The maximum Gasteiger partial charge on any atom is 0.120 e. The molecule has 10 nitrogen and oxygen atoms in total. The average molecular weight is 667 g/mol. The zero-order chi connectivity index (χ0) is 33.7. The number of H-pyrrole nitrogens is 4. The second kappa shape index (κ2) is 9.20. The number of aromatic amines is 4. The van der Waals surface area contributed by atoms with Crippen LogP contribution in [0, 0.1) is 0 Å². The van der Waals surface area contributed by atoms with Crippen molar-refractivity contribution in [3.8, 4) is 0 Å². The van der Waals surface area contributed by atoms with Crippen LogP contribution >= 0.6 is 0 Å². The fourth-order valence-electron chi connectivity index (χ4n) is 8.10. The molecule has 0 atom stereocenters. The van der Waals surface area contributed by atoms with Crippen LogP contribution in [0.15, 0.2) is 109 Å². The molecule has 4 N–H and O–H groups in total. The second-order valence-corrected chi connectivity index (χ2v) is 13.6. The number of nitrogens with zero attached hydrogens (tertiary/aromatic N) is 6. The summed E-state index contributed by atoms with van der Waals surface area (Å²) in [5.41, 5.74) is 16.0. The van der Waals surface area contributed by atoms with Gasteiger partial charge in [-0.15, -0.1) is 0 Å². The molecular formula is C42H22N10. The third-order valence-electron chi connectivity index (χ3n) is 10.5. The van der Waals surface area contributed by atoms with Crippen molar-refractivity contribution in [1.82, 2.24) is 49.8 Å². The van der Waals surface area contributed by atoms with Crippen molar-refractivity contribution in [3.05, 3.63) is 109 Å². The normalized spacial score (nSPS) is 12.6. The molecule has 0 amide bonds. The number of aromatic nitrogens is 10. The molecule has 0 fully saturated rings. The summed E-state index contributed by atoms with van der Waals surface area (Å²) in [6.07, 6.45) is 0. The molecule has 10 heteroatoms. The van der Waals surface area contributed by atoms with Gasteiger partial charge in [0.1, 0.15) is 33.1 Å². The Kier molecular flexibility index (Phi) is 4.67. The van der Waals surface area contributed by atoms with E-state index < -0.39 is 0 Å². The molecule has 13 rings (SSSR count). The van der Waals surface area contributed by atoms with E-state index in [2.05, 4.69) is 105 Å². The van der Waals surface area contributed by atoms with E-state index in [1.807, 2.05) is 24.3 Å². The number of hydrogen-bond donors (Lipinski definition) is 4. The van der Waals surface area contributed by atoms with Crippen molar-refractivity contribution in [2.75, 3.05) is 0 Å². The Morgan fingerprint density at radius 1 is 0.269 bits per heavy atom. The molecule has 240 valence electrons. The summed E-state index contributed by atoms with van der Waals surface area (Å²) >= 11 is 0. The summed E-state index contributed by atoms with van der Waals surface area (Å²) in [6, 6.07) is 37.4. The van der Waals surface area contributed by atoms with Crippen molar-refractivity contribution in [2.24, 2.45) is 0 Å². The first-order chi connectivity index (χ1) is 25.7. The van der Waals surface area contributed by atoms with E-state index in [1.54, 1.807) is 0 Å². The predicted octanol–water partition coefficient (Wildman–Crippen LogP) is 9.77. The largest absolute Gasteiger partial charge is 0.355 e. The molecule has 0 saturated carbocycles.